The summed E-state index contributed by atoms with van der Waals surface area (Å²) >= 11 is 3.39. The van der Waals surface area contributed by atoms with E-state index >= 15 is 0 Å². The zero-order chi connectivity index (χ0) is 10.8. The molecule has 0 aliphatic carbocycles. The highest BCUT2D eigenvalue weighted by atomic mass is 79.9. The fourth-order valence-corrected chi connectivity index (χ4v) is 2.10. The summed E-state index contributed by atoms with van der Waals surface area (Å²) in [4.78, 5) is 11.5. The van der Waals surface area contributed by atoms with Gasteiger partial charge in [0.15, 0.2) is 6.10 Å². The van der Waals surface area contributed by atoms with Crippen molar-refractivity contribution in [2.45, 2.75) is 19.4 Å². The van der Waals surface area contributed by atoms with Gasteiger partial charge >= 0.3 is 5.97 Å². The summed E-state index contributed by atoms with van der Waals surface area (Å²) in [6, 6.07) is 5.78. The lowest BCUT2D eigenvalue weighted by atomic mass is 10.1. The first kappa shape index (κ1) is 10.5. The predicted molar refractivity (Wildman–Crippen MR) is 58.9 cm³/mol. The Balaban J connectivity index is 2.15. The van der Waals surface area contributed by atoms with Crippen LogP contribution < -0.4 is 4.74 Å². The molecule has 1 aliphatic rings. The lowest BCUT2D eigenvalue weighted by Gasteiger charge is -2.09. The van der Waals surface area contributed by atoms with Crippen LogP contribution in [0.2, 0.25) is 0 Å². The lowest BCUT2D eigenvalue weighted by Crippen LogP contribution is -2.27. The van der Waals surface area contributed by atoms with Crippen LogP contribution in [0.3, 0.4) is 0 Å². The SMILES string of the molecule is CCOC(=O)[C@H]1Cc2cccc(Br)c2O1. The molecule has 0 radical (unpaired) electrons. The van der Waals surface area contributed by atoms with E-state index in [0.29, 0.717) is 13.0 Å². The number of hydrogen-bond donors (Lipinski definition) is 0. The summed E-state index contributed by atoms with van der Waals surface area (Å²) in [7, 11) is 0. The van der Waals surface area contributed by atoms with Gasteiger partial charge < -0.3 is 9.47 Å². The van der Waals surface area contributed by atoms with Crippen LogP contribution in [0.5, 0.6) is 5.75 Å². The van der Waals surface area contributed by atoms with E-state index in [9.17, 15) is 4.79 Å². The quantitative estimate of drug-likeness (QED) is 0.774. The van der Waals surface area contributed by atoms with E-state index in [-0.39, 0.29) is 5.97 Å². The Morgan fingerprint density at radius 3 is 3.13 bits per heavy atom. The smallest absolute Gasteiger partial charge is 0.347 e. The average Bonchev–Trinajstić information content (AvgIpc) is 2.63. The van der Waals surface area contributed by atoms with Gasteiger partial charge in [0, 0.05) is 6.42 Å². The number of halogens is 1. The summed E-state index contributed by atoms with van der Waals surface area (Å²) in [6.45, 7) is 2.17. The molecule has 1 aromatic carbocycles. The van der Waals surface area contributed by atoms with Crippen LogP contribution in [0, 0.1) is 0 Å². The van der Waals surface area contributed by atoms with Crippen LogP contribution in [0.4, 0.5) is 0 Å². The van der Waals surface area contributed by atoms with Gasteiger partial charge in [-0.25, -0.2) is 4.79 Å². The van der Waals surface area contributed by atoms with Crippen molar-refractivity contribution in [1.82, 2.24) is 0 Å². The van der Waals surface area contributed by atoms with Gasteiger partial charge in [-0.2, -0.15) is 0 Å². The van der Waals surface area contributed by atoms with E-state index in [0.717, 1.165) is 15.8 Å². The number of fused-ring (bicyclic) bond motifs is 1. The minimum absolute atomic E-state index is 0.291. The Hall–Kier alpha value is -1.03. The molecule has 0 aromatic heterocycles. The number of rotatable bonds is 2. The molecule has 2 rings (SSSR count). The summed E-state index contributed by atoms with van der Waals surface area (Å²) < 4.78 is 11.3. The van der Waals surface area contributed by atoms with Crippen molar-refractivity contribution in [3.63, 3.8) is 0 Å². The van der Waals surface area contributed by atoms with Gasteiger partial charge in [0.05, 0.1) is 11.1 Å². The topological polar surface area (TPSA) is 35.5 Å². The third-order valence-corrected chi connectivity index (χ3v) is 2.89. The number of carbonyl (C=O) groups excluding carboxylic acids is 1. The summed E-state index contributed by atoms with van der Waals surface area (Å²) in [5, 5.41) is 0. The zero-order valence-corrected chi connectivity index (χ0v) is 9.91. The first-order chi connectivity index (χ1) is 7.22. The van der Waals surface area contributed by atoms with E-state index in [4.69, 9.17) is 9.47 Å². The molecule has 1 heterocycles. The standard InChI is InChI=1S/C11H11BrO3/c1-2-14-11(13)9-6-7-4-3-5-8(12)10(7)15-9/h3-5,9H,2,6H2,1H3/t9-/m1/s1. The van der Waals surface area contributed by atoms with Gasteiger partial charge in [-0.05, 0) is 34.5 Å². The Labute approximate surface area is 96.5 Å². The zero-order valence-electron chi connectivity index (χ0n) is 8.33. The van der Waals surface area contributed by atoms with Crippen LogP contribution in [-0.4, -0.2) is 18.7 Å². The molecular formula is C11H11BrO3. The minimum Gasteiger partial charge on any atom is -0.477 e. The molecule has 1 atom stereocenters. The highest BCUT2D eigenvalue weighted by molar-refractivity contribution is 9.10. The third kappa shape index (κ3) is 2.00. The second-order valence-corrected chi connectivity index (χ2v) is 4.15. The third-order valence-electron chi connectivity index (χ3n) is 2.26. The molecule has 0 spiro atoms. The highest BCUT2D eigenvalue weighted by Crippen LogP contribution is 2.36. The van der Waals surface area contributed by atoms with E-state index in [2.05, 4.69) is 15.9 Å². The highest BCUT2D eigenvalue weighted by Gasteiger charge is 2.31. The molecule has 0 amide bonds. The van der Waals surface area contributed by atoms with Gasteiger partial charge in [-0.3, -0.25) is 0 Å². The molecule has 1 aliphatic heterocycles. The van der Waals surface area contributed by atoms with Crippen molar-refractivity contribution in [3.8, 4) is 5.75 Å². The Kier molecular flexibility index (Phi) is 2.95. The van der Waals surface area contributed by atoms with Gasteiger partial charge in [0.25, 0.3) is 0 Å². The molecule has 80 valence electrons. The minimum atomic E-state index is -0.487. The molecule has 0 unspecified atom stereocenters. The molecule has 1 aromatic rings. The van der Waals surface area contributed by atoms with Gasteiger partial charge in [0.2, 0.25) is 0 Å². The van der Waals surface area contributed by atoms with E-state index in [1.165, 1.54) is 0 Å². The van der Waals surface area contributed by atoms with Gasteiger partial charge in [-0.1, -0.05) is 12.1 Å². The van der Waals surface area contributed by atoms with Crippen molar-refractivity contribution < 1.29 is 14.3 Å². The fraction of sp³-hybridized carbons (Fsp3) is 0.364. The maximum Gasteiger partial charge on any atom is 0.347 e. The number of hydrogen-bond acceptors (Lipinski definition) is 3. The Bertz CT molecular complexity index is 389. The Morgan fingerprint density at radius 1 is 1.67 bits per heavy atom. The molecule has 0 saturated heterocycles. The first-order valence-corrected chi connectivity index (χ1v) is 5.62. The average molecular weight is 271 g/mol. The molecular weight excluding hydrogens is 260 g/mol. The summed E-state index contributed by atoms with van der Waals surface area (Å²) in [6.07, 6.45) is 0.104. The van der Waals surface area contributed by atoms with Crippen LogP contribution in [-0.2, 0) is 16.0 Å². The lowest BCUT2D eigenvalue weighted by molar-refractivity contribution is -0.150. The summed E-state index contributed by atoms with van der Waals surface area (Å²) in [5.74, 6) is 0.469. The van der Waals surface area contributed by atoms with Crippen molar-refractivity contribution >= 4 is 21.9 Å². The molecule has 4 heteroatoms. The molecule has 0 saturated carbocycles. The second-order valence-electron chi connectivity index (χ2n) is 3.29. The van der Waals surface area contributed by atoms with Crippen molar-refractivity contribution in [2.24, 2.45) is 0 Å². The van der Waals surface area contributed by atoms with Gasteiger partial charge in [0.1, 0.15) is 5.75 Å². The maximum absolute atomic E-state index is 11.5. The van der Waals surface area contributed by atoms with Crippen LogP contribution in [0.15, 0.2) is 22.7 Å². The number of benzene rings is 1. The molecule has 3 nitrogen and oxygen atoms in total. The van der Waals surface area contributed by atoms with E-state index in [1.54, 1.807) is 6.92 Å². The Morgan fingerprint density at radius 2 is 2.47 bits per heavy atom. The summed E-state index contributed by atoms with van der Waals surface area (Å²) in [5.41, 5.74) is 1.04. The fourth-order valence-electron chi connectivity index (χ4n) is 1.60. The van der Waals surface area contributed by atoms with Gasteiger partial charge in [-0.15, -0.1) is 0 Å². The molecule has 0 bridgehead atoms. The number of para-hydroxylation sites is 1. The molecule has 0 N–H and O–H groups in total. The number of carbonyl (C=O) groups is 1. The van der Waals surface area contributed by atoms with Crippen LogP contribution in [0.1, 0.15) is 12.5 Å². The van der Waals surface area contributed by atoms with Crippen molar-refractivity contribution in [2.75, 3.05) is 6.61 Å². The maximum atomic E-state index is 11.5. The molecule has 15 heavy (non-hydrogen) atoms. The number of esters is 1. The van der Waals surface area contributed by atoms with Crippen molar-refractivity contribution in [1.29, 1.82) is 0 Å². The molecule has 0 fully saturated rings. The first-order valence-electron chi connectivity index (χ1n) is 4.83. The largest absolute Gasteiger partial charge is 0.477 e. The van der Waals surface area contributed by atoms with E-state index < -0.39 is 6.10 Å². The predicted octanol–water partition coefficient (Wildman–Crippen LogP) is 2.32. The monoisotopic (exact) mass is 270 g/mol. The number of ether oxygens (including phenoxy) is 2. The normalized spacial score (nSPS) is 18.1. The second kappa shape index (κ2) is 4.23. The van der Waals surface area contributed by atoms with E-state index in [1.807, 2.05) is 18.2 Å². The van der Waals surface area contributed by atoms with Crippen molar-refractivity contribution in [3.05, 3.63) is 28.2 Å². The van der Waals surface area contributed by atoms with Crippen LogP contribution in [0.25, 0.3) is 0 Å². The van der Waals surface area contributed by atoms with Crippen LogP contribution >= 0.6 is 15.9 Å².